The summed E-state index contributed by atoms with van der Waals surface area (Å²) in [6.45, 7) is 3.72. The summed E-state index contributed by atoms with van der Waals surface area (Å²) in [5.74, 6) is -4.08. The number of carboxylic acid groups (broad SMARTS) is 1. The maximum atomic E-state index is 13.8. The van der Waals surface area contributed by atoms with E-state index in [1.807, 2.05) is 13.8 Å². The first kappa shape index (κ1) is 23.6. The lowest BCUT2D eigenvalue weighted by Crippen LogP contribution is -2.56. The molecule has 3 N–H and O–H groups in total. The van der Waals surface area contributed by atoms with Crippen LogP contribution in [-0.2, 0) is 14.4 Å². The van der Waals surface area contributed by atoms with E-state index in [1.165, 1.54) is 20.3 Å². The summed E-state index contributed by atoms with van der Waals surface area (Å²) in [6, 6.07) is 10.2. The minimum absolute atomic E-state index is 0.0925. The van der Waals surface area contributed by atoms with Crippen LogP contribution in [0.5, 0.6) is 17.2 Å². The lowest BCUT2D eigenvalue weighted by Gasteiger charge is -2.32. The number of methoxy groups -OCH3 is 2. The zero-order valence-electron chi connectivity index (χ0n) is 19.4. The Morgan fingerprint density at radius 3 is 2.44 bits per heavy atom. The van der Waals surface area contributed by atoms with Crippen molar-refractivity contribution in [1.29, 1.82) is 0 Å². The van der Waals surface area contributed by atoms with E-state index in [0.717, 1.165) is 4.90 Å². The molecule has 0 bridgehead atoms. The van der Waals surface area contributed by atoms with Gasteiger partial charge in [-0.25, -0.2) is 4.90 Å². The number of nitrogens with one attached hydrogen (secondary N) is 1. The molecule has 9 nitrogen and oxygen atoms in total. The van der Waals surface area contributed by atoms with Gasteiger partial charge in [0.05, 0.1) is 31.7 Å². The zero-order chi connectivity index (χ0) is 24.8. The van der Waals surface area contributed by atoms with Crippen molar-refractivity contribution in [3.05, 3.63) is 48.0 Å². The second-order valence-corrected chi connectivity index (χ2v) is 9.11. The topological polar surface area (TPSA) is 125 Å². The standard InChI is InChI=1S/C25H28N2O7/c1-13(2)12-25(24(31)32)20-19(21(26-25)15-11-14(33-3)9-10-17(15)28)22(29)27(23(20)30)16-7-5-6-8-18(16)34-4/h5-11,13,19-21,26,28H,12H2,1-4H3,(H,31,32). The molecular weight excluding hydrogens is 440 g/mol. The van der Waals surface area contributed by atoms with Crippen molar-refractivity contribution in [3.8, 4) is 17.2 Å². The van der Waals surface area contributed by atoms with Crippen LogP contribution in [0.1, 0.15) is 31.9 Å². The highest BCUT2D eigenvalue weighted by Crippen LogP contribution is 2.53. The van der Waals surface area contributed by atoms with Crippen LogP contribution in [-0.4, -0.2) is 47.8 Å². The quantitative estimate of drug-likeness (QED) is 0.530. The Morgan fingerprint density at radius 1 is 1.12 bits per heavy atom. The minimum Gasteiger partial charge on any atom is -0.508 e. The highest BCUT2D eigenvalue weighted by molar-refractivity contribution is 6.24. The van der Waals surface area contributed by atoms with Crippen LogP contribution in [0.3, 0.4) is 0 Å². The van der Waals surface area contributed by atoms with E-state index >= 15 is 0 Å². The summed E-state index contributed by atoms with van der Waals surface area (Å²) in [4.78, 5) is 41.4. The van der Waals surface area contributed by atoms with E-state index in [9.17, 15) is 24.6 Å². The summed E-state index contributed by atoms with van der Waals surface area (Å²) < 4.78 is 10.6. The number of phenols is 1. The third-order valence-electron chi connectivity index (χ3n) is 6.66. The van der Waals surface area contributed by atoms with Gasteiger partial charge in [0.25, 0.3) is 0 Å². The Labute approximate surface area is 197 Å². The number of hydrogen-bond acceptors (Lipinski definition) is 7. The van der Waals surface area contributed by atoms with Crippen molar-refractivity contribution in [2.45, 2.75) is 31.8 Å². The summed E-state index contributed by atoms with van der Waals surface area (Å²) in [5.41, 5.74) is -1.15. The van der Waals surface area contributed by atoms with Crippen LogP contribution in [0, 0.1) is 17.8 Å². The van der Waals surface area contributed by atoms with Gasteiger partial charge in [-0.05, 0) is 42.7 Å². The van der Waals surface area contributed by atoms with E-state index in [1.54, 1.807) is 36.4 Å². The normalized spacial score (nSPS) is 26.1. The number of fused-ring (bicyclic) bond motifs is 1. The SMILES string of the molecule is COc1ccc(O)c(C2NC(CC(C)C)(C(=O)O)C3C(=O)N(c4ccccc4OC)C(=O)C23)c1. The van der Waals surface area contributed by atoms with Gasteiger partial charge in [-0.2, -0.15) is 0 Å². The molecule has 2 fully saturated rings. The minimum atomic E-state index is -1.71. The number of para-hydroxylation sites is 2. The summed E-state index contributed by atoms with van der Waals surface area (Å²) in [7, 11) is 2.90. The average Bonchev–Trinajstić information content (AvgIpc) is 3.27. The maximum Gasteiger partial charge on any atom is 0.324 e. The van der Waals surface area contributed by atoms with Gasteiger partial charge in [-0.1, -0.05) is 26.0 Å². The molecule has 2 aromatic carbocycles. The van der Waals surface area contributed by atoms with Crippen molar-refractivity contribution in [2.75, 3.05) is 19.1 Å². The van der Waals surface area contributed by atoms with Crippen LogP contribution in [0.25, 0.3) is 0 Å². The first-order valence-corrected chi connectivity index (χ1v) is 11.0. The predicted octanol–water partition coefficient (Wildman–Crippen LogP) is 2.73. The molecule has 180 valence electrons. The van der Waals surface area contributed by atoms with Crippen LogP contribution in [0.2, 0.25) is 0 Å². The molecule has 4 unspecified atom stereocenters. The molecule has 0 aliphatic carbocycles. The number of nitrogens with zero attached hydrogens (tertiary/aromatic N) is 1. The molecule has 0 saturated carbocycles. The molecule has 0 aromatic heterocycles. The van der Waals surface area contributed by atoms with Gasteiger partial charge in [0.1, 0.15) is 22.8 Å². The maximum absolute atomic E-state index is 13.8. The Bertz CT molecular complexity index is 1150. The molecule has 2 heterocycles. The number of carboxylic acids is 1. The fourth-order valence-corrected chi connectivity index (χ4v) is 5.35. The van der Waals surface area contributed by atoms with E-state index in [0.29, 0.717) is 17.1 Å². The number of anilines is 1. The second kappa shape index (κ2) is 8.64. The van der Waals surface area contributed by atoms with Crippen LogP contribution in [0.15, 0.2) is 42.5 Å². The predicted molar refractivity (Wildman–Crippen MR) is 123 cm³/mol. The number of imide groups is 1. The molecule has 9 heteroatoms. The summed E-state index contributed by atoms with van der Waals surface area (Å²) in [5, 5.41) is 24.1. The Hall–Kier alpha value is -3.59. The molecule has 2 aliphatic heterocycles. The smallest absolute Gasteiger partial charge is 0.324 e. The third-order valence-corrected chi connectivity index (χ3v) is 6.66. The lowest BCUT2D eigenvalue weighted by molar-refractivity contribution is -0.149. The first-order chi connectivity index (χ1) is 16.2. The van der Waals surface area contributed by atoms with Crippen LogP contribution in [0.4, 0.5) is 5.69 Å². The zero-order valence-corrected chi connectivity index (χ0v) is 19.4. The van der Waals surface area contributed by atoms with Gasteiger partial charge in [0.15, 0.2) is 0 Å². The number of hydrogen-bond donors (Lipinski definition) is 3. The Balaban J connectivity index is 1.92. The number of ether oxygens (including phenoxy) is 2. The van der Waals surface area contributed by atoms with E-state index in [2.05, 4.69) is 5.32 Å². The van der Waals surface area contributed by atoms with Crippen molar-refractivity contribution in [2.24, 2.45) is 17.8 Å². The van der Waals surface area contributed by atoms with Crippen molar-refractivity contribution < 1.29 is 34.1 Å². The average molecular weight is 469 g/mol. The fourth-order valence-electron chi connectivity index (χ4n) is 5.35. The molecule has 2 saturated heterocycles. The van der Waals surface area contributed by atoms with Crippen LogP contribution < -0.4 is 19.7 Å². The highest BCUT2D eigenvalue weighted by Gasteiger charge is 2.69. The highest BCUT2D eigenvalue weighted by atomic mass is 16.5. The number of benzene rings is 2. The molecule has 2 aliphatic rings. The molecule has 34 heavy (non-hydrogen) atoms. The van der Waals surface area contributed by atoms with E-state index in [4.69, 9.17) is 9.47 Å². The second-order valence-electron chi connectivity index (χ2n) is 9.11. The largest absolute Gasteiger partial charge is 0.508 e. The summed E-state index contributed by atoms with van der Waals surface area (Å²) in [6.07, 6.45) is 0.115. The number of phenolic OH excluding ortho intramolecular Hbond substituents is 1. The number of carbonyl (C=O) groups excluding carboxylic acids is 2. The van der Waals surface area contributed by atoms with Crippen molar-refractivity contribution >= 4 is 23.5 Å². The lowest BCUT2D eigenvalue weighted by atomic mass is 9.75. The molecule has 0 radical (unpaired) electrons. The number of aliphatic carboxylic acids is 1. The van der Waals surface area contributed by atoms with Crippen molar-refractivity contribution in [3.63, 3.8) is 0 Å². The van der Waals surface area contributed by atoms with Gasteiger partial charge < -0.3 is 19.7 Å². The Morgan fingerprint density at radius 2 is 1.82 bits per heavy atom. The van der Waals surface area contributed by atoms with Gasteiger partial charge in [-0.3, -0.25) is 19.7 Å². The fraction of sp³-hybridized carbons (Fsp3) is 0.400. The molecule has 0 spiro atoms. The van der Waals surface area contributed by atoms with Gasteiger partial charge in [0, 0.05) is 11.6 Å². The van der Waals surface area contributed by atoms with E-state index in [-0.39, 0.29) is 23.8 Å². The number of aromatic hydroxyl groups is 1. The Kier molecular flexibility index (Phi) is 5.99. The van der Waals surface area contributed by atoms with Gasteiger partial charge in [-0.15, -0.1) is 0 Å². The van der Waals surface area contributed by atoms with Gasteiger partial charge >= 0.3 is 5.97 Å². The molecule has 4 atom stereocenters. The monoisotopic (exact) mass is 468 g/mol. The number of amides is 2. The molecule has 2 amide bonds. The third kappa shape index (κ3) is 3.47. The number of rotatable bonds is 7. The summed E-state index contributed by atoms with van der Waals surface area (Å²) >= 11 is 0. The van der Waals surface area contributed by atoms with Crippen molar-refractivity contribution in [1.82, 2.24) is 5.32 Å². The van der Waals surface area contributed by atoms with E-state index < -0.39 is 41.2 Å². The van der Waals surface area contributed by atoms with Gasteiger partial charge in [0.2, 0.25) is 11.8 Å². The van der Waals surface area contributed by atoms with Crippen LogP contribution >= 0.6 is 0 Å². The molecular formula is C25H28N2O7. The number of carbonyl (C=O) groups is 3. The molecule has 2 aromatic rings. The molecule has 4 rings (SSSR count). The first-order valence-electron chi connectivity index (χ1n) is 11.0.